The van der Waals surface area contributed by atoms with Crippen molar-refractivity contribution in [1.29, 1.82) is 0 Å². The topological polar surface area (TPSA) is 35.6 Å². The van der Waals surface area contributed by atoms with Gasteiger partial charge in [0.15, 0.2) is 0 Å². The molecular formula is C24H33N3O. The second-order valence-corrected chi connectivity index (χ2v) is 7.87. The average Bonchev–Trinajstić information content (AvgIpc) is 2.73. The van der Waals surface area contributed by atoms with E-state index in [-0.39, 0.29) is 11.9 Å². The molecule has 4 heteroatoms. The smallest absolute Gasteiger partial charge is 0.241 e. The zero-order chi connectivity index (χ0) is 20.1. The van der Waals surface area contributed by atoms with Gasteiger partial charge in [0.2, 0.25) is 5.91 Å². The first kappa shape index (κ1) is 20.4. The number of carbonyl (C=O) groups is 1. The van der Waals surface area contributed by atoms with Crippen molar-refractivity contribution in [1.82, 2.24) is 4.90 Å². The minimum Gasteiger partial charge on any atom is -0.369 e. The Morgan fingerprint density at radius 3 is 2.32 bits per heavy atom. The number of rotatable bonds is 6. The summed E-state index contributed by atoms with van der Waals surface area (Å²) < 4.78 is 0. The van der Waals surface area contributed by atoms with Crippen LogP contribution in [0.1, 0.15) is 44.2 Å². The molecule has 2 aromatic carbocycles. The molecule has 1 aliphatic rings. The van der Waals surface area contributed by atoms with Crippen LogP contribution in [0.5, 0.6) is 0 Å². The van der Waals surface area contributed by atoms with Crippen LogP contribution in [0.15, 0.2) is 48.5 Å². The third kappa shape index (κ3) is 4.56. The van der Waals surface area contributed by atoms with E-state index in [1.165, 1.54) is 16.8 Å². The molecule has 1 N–H and O–H groups in total. The number of piperazine rings is 1. The highest BCUT2D eigenvalue weighted by atomic mass is 16.2. The van der Waals surface area contributed by atoms with E-state index in [0.29, 0.717) is 5.92 Å². The number of hydrogen-bond acceptors (Lipinski definition) is 3. The summed E-state index contributed by atoms with van der Waals surface area (Å²) in [4.78, 5) is 17.6. The SMILES string of the molecule is CC[C@@H](C)c1ccccc1NC(=O)[C@H](C)N1CCN(c2ccccc2C)CC1. The fourth-order valence-electron chi connectivity index (χ4n) is 3.93. The van der Waals surface area contributed by atoms with Gasteiger partial charge in [-0.15, -0.1) is 0 Å². The van der Waals surface area contributed by atoms with E-state index in [0.717, 1.165) is 38.3 Å². The quantitative estimate of drug-likeness (QED) is 0.793. The Labute approximate surface area is 169 Å². The lowest BCUT2D eigenvalue weighted by atomic mass is 9.97. The molecule has 0 unspecified atom stereocenters. The van der Waals surface area contributed by atoms with Crippen LogP contribution >= 0.6 is 0 Å². The van der Waals surface area contributed by atoms with Crippen LogP contribution in [-0.2, 0) is 4.79 Å². The number of para-hydroxylation sites is 2. The lowest BCUT2D eigenvalue weighted by molar-refractivity contribution is -0.120. The molecule has 1 saturated heterocycles. The number of carbonyl (C=O) groups excluding carboxylic acids is 1. The van der Waals surface area contributed by atoms with E-state index in [1.807, 2.05) is 25.1 Å². The third-order valence-electron chi connectivity index (χ3n) is 6.06. The Kier molecular flexibility index (Phi) is 6.74. The Morgan fingerprint density at radius 1 is 1.00 bits per heavy atom. The number of amides is 1. The molecule has 0 spiro atoms. The monoisotopic (exact) mass is 379 g/mol. The van der Waals surface area contributed by atoms with Gasteiger partial charge in [0.1, 0.15) is 0 Å². The number of nitrogens with one attached hydrogen (secondary N) is 1. The van der Waals surface area contributed by atoms with E-state index >= 15 is 0 Å². The second-order valence-electron chi connectivity index (χ2n) is 7.87. The summed E-state index contributed by atoms with van der Waals surface area (Å²) >= 11 is 0. The van der Waals surface area contributed by atoms with Crippen molar-refractivity contribution in [3.63, 3.8) is 0 Å². The van der Waals surface area contributed by atoms with Crippen molar-refractivity contribution < 1.29 is 4.79 Å². The Morgan fingerprint density at radius 2 is 1.64 bits per heavy atom. The molecule has 0 aromatic heterocycles. The van der Waals surface area contributed by atoms with Gasteiger partial charge in [-0.05, 0) is 49.4 Å². The molecule has 4 nitrogen and oxygen atoms in total. The van der Waals surface area contributed by atoms with Gasteiger partial charge < -0.3 is 10.2 Å². The number of benzene rings is 2. The first-order chi connectivity index (χ1) is 13.5. The normalized spacial score (nSPS) is 17.2. The van der Waals surface area contributed by atoms with Gasteiger partial charge in [0, 0.05) is 37.6 Å². The number of hydrogen-bond donors (Lipinski definition) is 1. The molecule has 0 radical (unpaired) electrons. The summed E-state index contributed by atoms with van der Waals surface area (Å²) in [5.41, 5.74) is 4.78. The van der Waals surface area contributed by atoms with Crippen molar-refractivity contribution in [3.05, 3.63) is 59.7 Å². The summed E-state index contributed by atoms with van der Waals surface area (Å²) in [5.74, 6) is 0.518. The molecule has 1 amide bonds. The standard InChI is InChI=1S/C24H33N3O/c1-5-18(2)21-11-7-8-12-22(21)25-24(28)20(4)26-14-16-27(17-15-26)23-13-9-6-10-19(23)3/h6-13,18,20H,5,14-17H2,1-4H3,(H,25,28)/t18-,20+/m1/s1. The van der Waals surface area contributed by atoms with Crippen LogP contribution in [0.25, 0.3) is 0 Å². The van der Waals surface area contributed by atoms with Gasteiger partial charge in [0.25, 0.3) is 0 Å². The van der Waals surface area contributed by atoms with Crippen molar-refractivity contribution in [2.45, 2.75) is 46.1 Å². The highest BCUT2D eigenvalue weighted by Crippen LogP contribution is 2.27. The van der Waals surface area contributed by atoms with Gasteiger partial charge in [0.05, 0.1) is 6.04 Å². The van der Waals surface area contributed by atoms with Crippen LogP contribution < -0.4 is 10.2 Å². The van der Waals surface area contributed by atoms with Crippen molar-refractivity contribution in [3.8, 4) is 0 Å². The first-order valence-corrected chi connectivity index (χ1v) is 10.5. The maximum atomic E-state index is 12.9. The molecule has 0 aliphatic carbocycles. The Hall–Kier alpha value is -2.33. The lowest BCUT2D eigenvalue weighted by Gasteiger charge is -2.39. The van der Waals surface area contributed by atoms with Crippen LogP contribution in [0.3, 0.4) is 0 Å². The van der Waals surface area contributed by atoms with E-state index in [2.05, 4.69) is 66.2 Å². The maximum absolute atomic E-state index is 12.9. The summed E-state index contributed by atoms with van der Waals surface area (Å²) in [6.07, 6.45) is 1.06. The summed E-state index contributed by atoms with van der Waals surface area (Å²) in [7, 11) is 0. The Balaban J connectivity index is 1.60. The number of aryl methyl sites for hydroxylation is 1. The molecule has 0 bridgehead atoms. The lowest BCUT2D eigenvalue weighted by Crippen LogP contribution is -2.53. The molecule has 28 heavy (non-hydrogen) atoms. The molecule has 2 aromatic rings. The van der Waals surface area contributed by atoms with E-state index in [9.17, 15) is 4.79 Å². The van der Waals surface area contributed by atoms with Gasteiger partial charge in [-0.3, -0.25) is 9.69 Å². The molecular weight excluding hydrogens is 346 g/mol. The number of nitrogens with zero attached hydrogens (tertiary/aromatic N) is 2. The van der Waals surface area contributed by atoms with E-state index in [4.69, 9.17) is 0 Å². The minimum atomic E-state index is -0.135. The molecule has 2 atom stereocenters. The maximum Gasteiger partial charge on any atom is 0.241 e. The molecule has 150 valence electrons. The van der Waals surface area contributed by atoms with Crippen molar-refractivity contribution >= 4 is 17.3 Å². The molecule has 1 aliphatic heterocycles. The summed E-state index contributed by atoms with van der Waals surface area (Å²) in [5, 5.41) is 3.18. The highest BCUT2D eigenvalue weighted by Gasteiger charge is 2.26. The zero-order valence-corrected chi connectivity index (χ0v) is 17.6. The molecule has 1 fully saturated rings. The fraction of sp³-hybridized carbons (Fsp3) is 0.458. The summed E-state index contributed by atoms with van der Waals surface area (Å²) in [6, 6.07) is 16.6. The predicted molar refractivity (Wildman–Crippen MR) is 118 cm³/mol. The summed E-state index contributed by atoms with van der Waals surface area (Å²) in [6.45, 7) is 12.3. The van der Waals surface area contributed by atoms with Crippen molar-refractivity contribution in [2.24, 2.45) is 0 Å². The highest BCUT2D eigenvalue weighted by molar-refractivity contribution is 5.95. The van der Waals surface area contributed by atoms with Crippen LogP contribution in [0, 0.1) is 6.92 Å². The average molecular weight is 380 g/mol. The second kappa shape index (κ2) is 9.24. The third-order valence-corrected chi connectivity index (χ3v) is 6.06. The van der Waals surface area contributed by atoms with Crippen LogP contribution in [0.4, 0.5) is 11.4 Å². The first-order valence-electron chi connectivity index (χ1n) is 10.5. The number of anilines is 2. The van der Waals surface area contributed by atoms with Gasteiger partial charge in [-0.25, -0.2) is 0 Å². The molecule has 0 saturated carbocycles. The molecule has 3 rings (SSSR count). The van der Waals surface area contributed by atoms with Gasteiger partial charge >= 0.3 is 0 Å². The fourth-order valence-corrected chi connectivity index (χ4v) is 3.93. The Bertz CT molecular complexity index is 796. The zero-order valence-electron chi connectivity index (χ0n) is 17.6. The largest absolute Gasteiger partial charge is 0.369 e. The van der Waals surface area contributed by atoms with E-state index in [1.54, 1.807) is 0 Å². The minimum absolute atomic E-state index is 0.0834. The van der Waals surface area contributed by atoms with Crippen LogP contribution in [-0.4, -0.2) is 43.0 Å². The predicted octanol–water partition coefficient (Wildman–Crippen LogP) is 4.66. The molecule has 1 heterocycles. The van der Waals surface area contributed by atoms with E-state index < -0.39 is 0 Å². The van der Waals surface area contributed by atoms with Gasteiger partial charge in [-0.1, -0.05) is 50.2 Å². The van der Waals surface area contributed by atoms with Crippen LogP contribution in [0.2, 0.25) is 0 Å². The van der Waals surface area contributed by atoms with Gasteiger partial charge in [-0.2, -0.15) is 0 Å². The van der Waals surface area contributed by atoms with Crippen molar-refractivity contribution in [2.75, 3.05) is 36.4 Å².